The first kappa shape index (κ1) is 14.3. The summed E-state index contributed by atoms with van der Waals surface area (Å²) in [6.07, 6.45) is 0. The van der Waals surface area contributed by atoms with Gasteiger partial charge < -0.3 is 4.74 Å². The fourth-order valence-corrected chi connectivity index (χ4v) is 2.37. The van der Waals surface area contributed by atoms with Crippen molar-refractivity contribution >= 4 is 5.78 Å². The van der Waals surface area contributed by atoms with Gasteiger partial charge in [0.2, 0.25) is 0 Å². The van der Waals surface area contributed by atoms with Gasteiger partial charge in [0, 0.05) is 5.56 Å². The minimum Gasteiger partial charge on any atom is -0.496 e. The number of hydrogen-bond acceptors (Lipinski definition) is 2. The zero-order valence-electron chi connectivity index (χ0n) is 12.1. The molecule has 0 aromatic heterocycles. The molecule has 0 saturated carbocycles. The van der Waals surface area contributed by atoms with Crippen molar-refractivity contribution in [3.63, 3.8) is 0 Å². The summed E-state index contributed by atoms with van der Waals surface area (Å²) in [6.45, 7) is 5.57. The van der Waals surface area contributed by atoms with Gasteiger partial charge in [0.1, 0.15) is 11.6 Å². The highest BCUT2D eigenvalue weighted by Gasteiger charge is 2.16. The Morgan fingerprint density at radius 2 is 1.65 bits per heavy atom. The van der Waals surface area contributed by atoms with Crippen LogP contribution in [0, 0.1) is 26.6 Å². The average Bonchev–Trinajstić information content (AvgIpc) is 2.40. The van der Waals surface area contributed by atoms with Gasteiger partial charge in [-0.15, -0.1) is 0 Å². The van der Waals surface area contributed by atoms with Gasteiger partial charge in [-0.3, -0.25) is 4.79 Å². The molecule has 0 radical (unpaired) electrons. The molecule has 0 N–H and O–H groups in total. The number of ketones is 1. The van der Waals surface area contributed by atoms with Crippen molar-refractivity contribution in [1.82, 2.24) is 0 Å². The highest BCUT2D eigenvalue weighted by Crippen LogP contribution is 2.26. The van der Waals surface area contributed by atoms with E-state index >= 15 is 0 Å². The molecule has 0 saturated heterocycles. The summed E-state index contributed by atoms with van der Waals surface area (Å²) in [6, 6.07) is 8.01. The van der Waals surface area contributed by atoms with Crippen LogP contribution in [0.3, 0.4) is 0 Å². The number of hydrogen-bond donors (Lipinski definition) is 0. The molecule has 0 heterocycles. The smallest absolute Gasteiger partial charge is 0.196 e. The summed E-state index contributed by atoms with van der Waals surface area (Å²) in [5.41, 5.74) is 3.17. The molecule has 0 fully saturated rings. The van der Waals surface area contributed by atoms with Crippen molar-refractivity contribution < 1.29 is 13.9 Å². The molecule has 2 aromatic carbocycles. The monoisotopic (exact) mass is 272 g/mol. The van der Waals surface area contributed by atoms with E-state index in [2.05, 4.69) is 0 Å². The quantitative estimate of drug-likeness (QED) is 0.790. The topological polar surface area (TPSA) is 26.3 Å². The summed E-state index contributed by atoms with van der Waals surface area (Å²) < 4.78 is 19.1. The summed E-state index contributed by atoms with van der Waals surface area (Å²) >= 11 is 0. The van der Waals surface area contributed by atoms with Crippen molar-refractivity contribution in [1.29, 1.82) is 0 Å². The number of carbonyl (C=O) groups excluding carboxylic acids is 1. The number of halogens is 1. The van der Waals surface area contributed by atoms with E-state index in [1.165, 1.54) is 6.07 Å². The fraction of sp³-hybridized carbons (Fsp3) is 0.235. The molecule has 0 atom stereocenters. The molecule has 0 bridgehead atoms. The second-order valence-electron chi connectivity index (χ2n) is 4.96. The van der Waals surface area contributed by atoms with E-state index in [9.17, 15) is 9.18 Å². The number of benzene rings is 2. The van der Waals surface area contributed by atoms with Crippen LogP contribution in [0.25, 0.3) is 0 Å². The van der Waals surface area contributed by atoms with Crippen molar-refractivity contribution in [3.8, 4) is 5.75 Å². The van der Waals surface area contributed by atoms with E-state index < -0.39 is 5.82 Å². The lowest BCUT2D eigenvalue weighted by Crippen LogP contribution is -2.06. The Balaban J connectivity index is 2.51. The maximum atomic E-state index is 13.8. The lowest BCUT2D eigenvalue weighted by atomic mass is 9.97. The molecule has 0 unspecified atom stereocenters. The van der Waals surface area contributed by atoms with E-state index in [-0.39, 0.29) is 11.3 Å². The zero-order valence-corrected chi connectivity index (χ0v) is 12.1. The number of methoxy groups -OCH3 is 1. The van der Waals surface area contributed by atoms with Gasteiger partial charge in [-0.2, -0.15) is 0 Å². The molecule has 0 aliphatic rings. The third-order valence-corrected chi connectivity index (χ3v) is 3.29. The van der Waals surface area contributed by atoms with Gasteiger partial charge >= 0.3 is 0 Å². The second kappa shape index (κ2) is 5.45. The van der Waals surface area contributed by atoms with Crippen molar-refractivity contribution in [2.45, 2.75) is 20.8 Å². The lowest BCUT2D eigenvalue weighted by molar-refractivity contribution is 0.103. The number of rotatable bonds is 3. The van der Waals surface area contributed by atoms with Crippen LogP contribution < -0.4 is 4.74 Å². The van der Waals surface area contributed by atoms with E-state index in [4.69, 9.17) is 4.74 Å². The van der Waals surface area contributed by atoms with E-state index in [1.807, 2.05) is 20.8 Å². The first-order valence-electron chi connectivity index (χ1n) is 6.40. The van der Waals surface area contributed by atoms with Crippen LogP contribution >= 0.6 is 0 Å². The molecule has 3 heteroatoms. The Kier molecular flexibility index (Phi) is 3.89. The largest absolute Gasteiger partial charge is 0.496 e. The Labute approximate surface area is 118 Å². The fourth-order valence-electron chi connectivity index (χ4n) is 2.37. The maximum absolute atomic E-state index is 13.8. The van der Waals surface area contributed by atoms with Crippen LogP contribution in [0.2, 0.25) is 0 Å². The van der Waals surface area contributed by atoms with Crippen LogP contribution in [0.4, 0.5) is 4.39 Å². The van der Waals surface area contributed by atoms with Crippen LogP contribution in [-0.4, -0.2) is 12.9 Å². The first-order chi connectivity index (χ1) is 9.43. The maximum Gasteiger partial charge on any atom is 0.196 e. The molecular formula is C17H17FO2. The Hall–Kier alpha value is -2.16. The zero-order chi connectivity index (χ0) is 14.9. The molecule has 2 aromatic rings. The molecule has 0 aliphatic carbocycles. The minimum atomic E-state index is -0.494. The highest BCUT2D eigenvalue weighted by molar-refractivity contribution is 6.09. The average molecular weight is 272 g/mol. The third-order valence-electron chi connectivity index (χ3n) is 3.29. The van der Waals surface area contributed by atoms with Gasteiger partial charge in [-0.05, 0) is 56.2 Å². The van der Waals surface area contributed by atoms with Crippen LogP contribution in [0.5, 0.6) is 5.75 Å². The summed E-state index contributed by atoms with van der Waals surface area (Å²) in [7, 11) is 1.59. The Morgan fingerprint density at radius 3 is 2.20 bits per heavy atom. The molecule has 0 aliphatic heterocycles. The normalized spacial score (nSPS) is 10.4. The van der Waals surface area contributed by atoms with Gasteiger partial charge in [-0.1, -0.05) is 11.6 Å². The standard InChI is InChI=1S/C17H17FO2/c1-10-5-6-15(18)14(7-10)16(19)13-8-11(2)17(20-4)12(3)9-13/h5-9H,1-4H3. The van der Waals surface area contributed by atoms with Crippen LogP contribution in [-0.2, 0) is 0 Å². The number of carbonyl (C=O) groups is 1. The summed E-state index contributed by atoms with van der Waals surface area (Å²) in [4.78, 5) is 12.4. The molecule has 2 rings (SSSR count). The lowest BCUT2D eigenvalue weighted by Gasteiger charge is -2.11. The van der Waals surface area contributed by atoms with Crippen molar-refractivity contribution in [2.75, 3.05) is 7.11 Å². The highest BCUT2D eigenvalue weighted by atomic mass is 19.1. The molecule has 0 amide bonds. The van der Waals surface area contributed by atoms with Crippen LogP contribution in [0.15, 0.2) is 30.3 Å². The number of ether oxygens (including phenoxy) is 1. The molecule has 0 spiro atoms. The van der Waals surface area contributed by atoms with E-state index in [0.717, 1.165) is 22.4 Å². The van der Waals surface area contributed by atoms with Crippen molar-refractivity contribution in [3.05, 3.63) is 64.0 Å². The first-order valence-corrected chi connectivity index (χ1v) is 6.40. The molecule has 104 valence electrons. The summed E-state index contributed by atoms with van der Waals surface area (Å²) in [5.74, 6) is -0.0435. The van der Waals surface area contributed by atoms with Gasteiger partial charge in [0.25, 0.3) is 0 Å². The minimum absolute atomic E-state index is 0.106. The predicted molar refractivity (Wildman–Crippen MR) is 77.0 cm³/mol. The van der Waals surface area contributed by atoms with Crippen LogP contribution in [0.1, 0.15) is 32.6 Å². The molecular weight excluding hydrogens is 255 g/mol. The van der Waals surface area contributed by atoms with Gasteiger partial charge in [0.15, 0.2) is 5.78 Å². The van der Waals surface area contributed by atoms with E-state index in [0.29, 0.717) is 5.56 Å². The Morgan fingerprint density at radius 1 is 1.05 bits per heavy atom. The predicted octanol–water partition coefficient (Wildman–Crippen LogP) is 3.99. The second-order valence-corrected chi connectivity index (χ2v) is 4.96. The molecule has 2 nitrogen and oxygen atoms in total. The van der Waals surface area contributed by atoms with E-state index in [1.54, 1.807) is 31.4 Å². The Bertz CT molecular complexity index is 652. The molecule has 20 heavy (non-hydrogen) atoms. The third kappa shape index (κ3) is 2.57. The van der Waals surface area contributed by atoms with Crippen molar-refractivity contribution in [2.24, 2.45) is 0 Å². The van der Waals surface area contributed by atoms with Gasteiger partial charge in [0.05, 0.1) is 12.7 Å². The SMILES string of the molecule is COc1c(C)cc(C(=O)c2cc(C)ccc2F)cc1C. The van der Waals surface area contributed by atoms with Gasteiger partial charge in [-0.25, -0.2) is 4.39 Å². The number of aryl methyl sites for hydroxylation is 3. The summed E-state index contributed by atoms with van der Waals surface area (Å²) in [5, 5.41) is 0.